The van der Waals surface area contributed by atoms with Crippen molar-refractivity contribution in [2.24, 2.45) is 11.3 Å². The smallest absolute Gasteiger partial charge is 0.308 e. The van der Waals surface area contributed by atoms with Gasteiger partial charge in [-0.15, -0.1) is 0 Å². The van der Waals surface area contributed by atoms with E-state index >= 15 is 0 Å². The summed E-state index contributed by atoms with van der Waals surface area (Å²) in [5.74, 6) is -2.16. The van der Waals surface area contributed by atoms with Gasteiger partial charge >= 0.3 is 5.97 Å². The average Bonchev–Trinajstić information content (AvgIpc) is 2.35. The minimum absolute atomic E-state index is 0.0405. The van der Waals surface area contributed by atoms with Gasteiger partial charge in [-0.05, 0) is 30.9 Å². The molecular weight excluding hydrogens is 270 g/mol. The molecule has 1 amide bonds. The first-order valence-electron chi connectivity index (χ1n) is 6.91. The van der Waals surface area contributed by atoms with Gasteiger partial charge in [-0.1, -0.05) is 32.4 Å². The molecule has 0 heterocycles. The Morgan fingerprint density at radius 3 is 2.43 bits per heavy atom. The molecular formula is C16H23NO4. The fourth-order valence-corrected chi connectivity index (χ4v) is 2.13. The summed E-state index contributed by atoms with van der Waals surface area (Å²) in [6.07, 6.45) is 0.461. The first-order chi connectivity index (χ1) is 9.60. The van der Waals surface area contributed by atoms with Crippen LogP contribution in [0.4, 0.5) is 0 Å². The predicted molar refractivity (Wildman–Crippen MR) is 80.4 cm³/mol. The Hall–Kier alpha value is -2.04. The molecule has 0 aromatic heterocycles. The van der Waals surface area contributed by atoms with Gasteiger partial charge in [0.05, 0.1) is 11.5 Å². The van der Waals surface area contributed by atoms with E-state index in [-0.39, 0.29) is 23.3 Å². The van der Waals surface area contributed by atoms with Crippen molar-refractivity contribution in [2.75, 3.05) is 6.54 Å². The summed E-state index contributed by atoms with van der Waals surface area (Å²) in [5.41, 5.74) is 0.872. The molecule has 0 aliphatic carbocycles. The van der Waals surface area contributed by atoms with Gasteiger partial charge in [-0.25, -0.2) is 0 Å². The van der Waals surface area contributed by atoms with Crippen LogP contribution in [-0.2, 0) is 4.79 Å². The van der Waals surface area contributed by atoms with E-state index in [1.165, 1.54) is 6.07 Å². The molecule has 1 aromatic carbocycles. The molecule has 5 nitrogen and oxygen atoms in total. The second kappa shape index (κ2) is 6.61. The van der Waals surface area contributed by atoms with Crippen LogP contribution in [0.15, 0.2) is 18.2 Å². The van der Waals surface area contributed by atoms with Gasteiger partial charge in [-0.3, -0.25) is 9.59 Å². The third-order valence-corrected chi connectivity index (χ3v) is 3.11. The number of nitrogens with one attached hydrogen (secondary N) is 1. The zero-order chi connectivity index (χ0) is 16.2. The van der Waals surface area contributed by atoms with Crippen molar-refractivity contribution in [3.8, 4) is 5.75 Å². The molecule has 3 N–H and O–H groups in total. The topological polar surface area (TPSA) is 86.6 Å². The predicted octanol–water partition coefficient (Wildman–Crippen LogP) is 2.57. The van der Waals surface area contributed by atoms with E-state index in [9.17, 15) is 19.8 Å². The molecule has 0 aliphatic rings. The highest BCUT2D eigenvalue weighted by Crippen LogP contribution is 2.24. The number of aryl methyl sites for hydroxylation is 1. The Morgan fingerprint density at radius 2 is 1.90 bits per heavy atom. The molecule has 21 heavy (non-hydrogen) atoms. The zero-order valence-corrected chi connectivity index (χ0v) is 12.9. The van der Waals surface area contributed by atoms with E-state index in [0.29, 0.717) is 6.42 Å². The van der Waals surface area contributed by atoms with Crippen molar-refractivity contribution in [3.05, 3.63) is 29.3 Å². The first kappa shape index (κ1) is 17.0. The number of amides is 1. The van der Waals surface area contributed by atoms with Crippen LogP contribution >= 0.6 is 0 Å². The SMILES string of the molecule is Cc1ccc(O)c(C(=O)NCC(CC(C)(C)C)C(=O)O)c1. The van der Waals surface area contributed by atoms with Gasteiger partial charge < -0.3 is 15.5 Å². The van der Waals surface area contributed by atoms with Crippen LogP contribution in [0.3, 0.4) is 0 Å². The van der Waals surface area contributed by atoms with Crippen molar-refractivity contribution in [2.45, 2.75) is 34.1 Å². The lowest BCUT2D eigenvalue weighted by Gasteiger charge is -2.23. The van der Waals surface area contributed by atoms with Crippen LogP contribution < -0.4 is 5.32 Å². The summed E-state index contributed by atoms with van der Waals surface area (Å²) in [7, 11) is 0. The Morgan fingerprint density at radius 1 is 1.29 bits per heavy atom. The minimum atomic E-state index is -0.932. The highest BCUT2D eigenvalue weighted by atomic mass is 16.4. The molecule has 0 aliphatic heterocycles. The number of phenols is 1. The molecule has 116 valence electrons. The molecule has 5 heteroatoms. The maximum atomic E-state index is 12.0. The van der Waals surface area contributed by atoms with Crippen LogP contribution in [-0.4, -0.2) is 28.6 Å². The van der Waals surface area contributed by atoms with Gasteiger partial charge in [0.2, 0.25) is 0 Å². The van der Waals surface area contributed by atoms with E-state index in [1.807, 2.05) is 27.7 Å². The Kier molecular flexibility index (Phi) is 5.35. The molecule has 0 radical (unpaired) electrons. The molecule has 0 saturated carbocycles. The second-order valence-corrected chi connectivity index (χ2v) is 6.53. The van der Waals surface area contributed by atoms with Crippen molar-refractivity contribution in [1.29, 1.82) is 0 Å². The summed E-state index contributed by atoms with van der Waals surface area (Å²) in [6, 6.07) is 4.73. The van der Waals surface area contributed by atoms with E-state index in [0.717, 1.165) is 5.56 Å². The van der Waals surface area contributed by atoms with Crippen LogP contribution in [0, 0.1) is 18.3 Å². The molecule has 1 atom stereocenters. The Labute approximate surface area is 125 Å². The number of phenolic OH excluding ortho intramolecular Hbond substituents is 1. The van der Waals surface area contributed by atoms with Crippen molar-refractivity contribution < 1.29 is 19.8 Å². The van der Waals surface area contributed by atoms with Gasteiger partial charge in [0.1, 0.15) is 5.75 Å². The minimum Gasteiger partial charge on any atom is -0.507 e. The lowest BCUT2D eigenvalue weighted by molar-refractivity contribution is -0.142. The van der Waals surface area contributed by atoms with Gasteiger partial charge in [-0.2, -0.15) is 0 Å². The summed E-state index contributed by atoms with van der Waals surface area (Å²) in [6.45, 7) is 7.72. The third kappa shape index (κ3) is 5.45. The Balaban J connectivity index is 2.74. The summed E-state index contributed by atoms with van der Waals surface area (Å²) in [5, 5.41) is 21.5. The summed E-state index contributed by atoms with van der Waals surface area (Å²) < 4.78 is 0. The fourth-order valence-electron chi connectivity index (χ4n) is 2.13. The number of aliphatic carboxylic acids is 1. The number of rotatable bonds is 5. The number of hydrogen-bond donors (Lipinski definition) is 3. The quantitative estimate of drug-likeness (QED) is 0.778. The van der Waals surface area contributed by atoms with Gasteiger partial charge in [0.15, 0.2) is 0 Å². The molecule has 1 unspecified atom stereocenters. The standard InChI is InChI=1S/C16H23NO4/c1-10-5-6-13(18)12(7-10)14(19)17-9-11(15(20)21)8-16(2,3)4/h5-7,11,18H,8-9H2,1-4H3,(H,17,19)(H,20,21). The zero-order valence-electron chi connectivity index (χ0n) is 12.9. The number of aromatic hydroxyl groups is 1. The monoisotopic (exact) mass is 293 g/mol. The second-order valence-electron chi connectivity index (χ2n) is 6.53. The number of carboxylic acid groups (broad SMARTS) is 1. The van der Waals surface area contributed by atoms with E-state index in [4.69, 9.17) is 0 Å². The van der Waals surface area contributed by atoms with Crippen LogP contribution in [0.2, 0.25) is 0 Å². The fraction of sp³-hybridized carbons (Fsp3) is 0.500. The maximum absolute atomic E-state index is 12.0. The first-order valence-corrected chi connectivity index (χ1v) is 6.91. The number of hydrogen-bond acceptors (Lipinski definition) is 3. The van der Waals surface area contributed by atoms with Crippen molar-refractivity contribution in [1.82, 2.24) is 5.32 Å². The molecule has 1 aromatic rings. The number of benzene rings is 1. The molecule has 0 spiro atoms. The molecule has 0 saturated heterocycles. The molecule has 0 bridgehead atoms. The van der Waals surface area contributed by atoms with Gasteiger partial charge in [0, 0.05) is 6.54 Å². The van der Waals surface area contributed by atoms with Gasteiger partial charge in [0.25, 0.3) is 5.91 Å². The average molecular weight is 293 g/mol. The van der Waals surface area contributed by atoms with Crippen molar-refractivity contribution in [3.63, 3.8) is 0 Å². The summed E-state index contributed by atoms with van der Waals surface area (Å²) in [4.78, 5) is 23.3. The van der Waals surface area contributed by atoms with Crippen LogP contribution in [0.25, 0.3) is 0 Å². The highest BCUT2D eigenvalue weighted by Gasteiger charge is 2.25. The summed E-state index contributed by atoms with van der Waals surface area (Å²) >= 11 is 0. The number of carboxylic acids is 1. The molecule has 0 fully saturated rings. The van der Waals surface area contributed by atoms with E-state index in [1.54, 1.807) is 12.1 Å². The highest BCUT2D eigenvalue weighted by molar-refractivity contribution is 5.97. The maximum Gasteiger partial charge on any atom is 0.308 e. The lowest BCUT2D eigenvalue weighted by Crippen LogP contribution is -2.35. The largest absolute Gasteiger partial charge is 0.507 e. The van der Waals surface area contributed by atoms with E-state index in [2.05, 4.69) is 5.32 Å². The number of carbonyl (C=O) groups is 2. The van der Waals surface area contributed by atoms with Crippen molar-refractivity contribution >= 4 is 11.9 Å². The normalized spacial score (nSPS) is 12.8. The Bertz CT molecular complexity index is 532. The molecule has 1 rings (SSSR count). The van der Waals surface area contributed by atoms with Crippen LogP contribution in [0.5, 0.6) is 5.75 Å². The van der Waals surface area contributed by atoms with Crippen LogP contribution in [0.1, 0.15) is 43.1 Å². The third-order valence-electron chi connectivity index (χ3n) is 3.11. The lowest BCUT2D eigenvalue weighted by atomic mass is 9.84. The van der Waals surface area contributed by atoms with E-state index < -0.39 is 17.8 Å². The number of carbonyl (C=O) groups excluding carboxylic acids is 1.